The van der Waals surface area contributed by atoms with Crippen molar-refractivity contribution in [1.29, 1.82) is 0 Å². The molecule has 4 rings (SSSR count). The molecule has 1 aliphatic heterocycles. The third-order valence-electron chi connectivity index (χ3n) is 4.27. The molecule has 1 aliphatic rings. The summed E-state index contributed by atoms with van der Waals surface area (Å²) in [6.45, 7) is 7.95. The number of ether oxygens (including phenoxy) is 1. The van der Waals surface area contributed by atoms with Gasteiger partial charge in [0, 0.05) is 5.56 Å². The summed E-state index contributed by atoms with van der Waals surface area (Å²) in [6, 6.07) is 9.11. The Kier molecular flexibility index (Phi) is 3.58. The normalized spacial score (nSPS) is 22.0. The van der Waals surface area contributed by atoms with Gasteiger partial charge in [0.05, 0.1) is 37.2 Å². The molecule has 0 spiro atoms. The molecule has 3 heterocycles. The molecule has 1 fully saturated rings. The first-order chi connectivity index (χ1) is 11.1. The van der Waals surface area contributed by atoms with Crippen molar-refractivity contribution in [3.63, 3.8) is 0 Å². The average Bonchev–Trinajstić information content (AvgIpc) is 3.06. The lowest BCUT2D eigenvalue weighted by Gasteiger charge is -2.38. The molecule has 5 nitrogen and oxygen atoms in total. The maximum Gasteiger partial charge on any atom is 0.214 e. The minimum absolute atomic E-state index is 0.339. The SMILES string of the molecule is Cc1ccc(-c2cn3nc(N4[C@H](C)COC[C@@H]4C)sc3n2)cc1. The molecule has 120 valence electrons. The molecule has 2 atom stereocenters. The fourth-order valence-electron chi connectivity index (χ4n) is 3.04. The van der Waals surface area contributed by atoms with Crippen molar-refractivity contribution >= 4 is 21.4 Å². The maximum absolute atomic E-state index is 5.60. The van der Waals surface area contributed by atoms with Crippen LogP contribution in [0.4, 0.5) is 5.13 Å². The summed E-state index contributed by atoms with van der Waals surface area (Å²) in [6.07, 6.45) is 2.01. The number of anilines is 1. The molecule has 0 aliphatic carbocycles. The van der Waals surface area contributed by atoms with E-state index in [1.54, 1.807) is 11.3 Å². The average molecular weight is 328 g/mol. The number of aromatic nitrogens is 3. The lowest BCUT2D eigenvalue weighted by atomic mass is 10.1. The number of hydrogen-bond acceptors (Lipinski definition) is 5. The van der Waals surface area contributed by atoms with Crippen LogP contribution in [0.1, 0.15) is 19.4 Å². The van der Waals surface area contributed by atoms with E-state index in [9.17, 15) is 0 Å². The number of fused-ring (bicyclic) bond motifs is 1. The highest BCUT2D eigenvalue weighted by Gasteiger charge is 2.28. The van der Waals surface area contributed by atoms with Crippen molar-refractivity contribution in [2.75, 3.05) is 18.1 Å². The molecule has 0 amide bonds. The molecular formula is C17H20N4OS. The quantitative estimate of drug-likeness (QED) is 0.723. The summed E-state index contributed by atoms with van der Waals surface area (Å²) < 4.78 is 7.49. The molecule has 0 saturated carbocycles. The van der Waals surface area contributed by atoms with Crippen LogP contribution in [-0.2, 0) is 4.74 Å². The monoisotopic (exact) mass is 328 g/mol. The largest absolute Gasteiger partial charge is 0.377 e. The van der Waals surface area contributed by atoms with Gasteiger partial charge in [0.25, 0.3) is 0 Å². The lowest BCUT2D eigenvalue weighted by molar-refractivity contribution is 0.0755. The Hall–Kier alpha value is -1.92. The van der Waals surface area contributed by atoms with Crippen LogP contribution >= 0.6 is 11.3 Å². The zero-order valence-corrected chi connectivity index (χ0v) is 14.4. The predicted octanol–water partition coefficient (Wildman–Crippen LogP) is 3.38. The highest BCUT2D eigenvalue weighted by molar-refractivity contribution is 7.20. The molecule has 1 aromatic carbocycles. The van der Waals surface area contributed by atoms with Gasteiger partial charge in [0.15, 0.2) is 0 Å². The number of nitrogens with zero attached hydrogens (tertiary/aromatic N) is 4. The smallest absolute Gasteiger partial charge is 0.214 e. The third kappa shape index (κ3) is 2.62. The second kappa shape index (κ2) is 5.62. The number of morpholine rings is 1. The molecular weight excluding hydrogens is 308 g/mol. The number of aryl methyl sites for hydroxylation is 1. The van der Waals surface area contributed by atoms with E-state index in [4.69, 9.17) is 14.8 Å². The summed E-state index contributed by atoms with van der Waals surface area (Å²) in [5, 5.41) is 5.76. The van der Waals surface area contributed by atoms with Crippen molar-refractivity contribution in [1.82, 2.24) is 14.6 Å². The van der Waals surface area contributed by atoms with Crippen LogP contribution in [0.2, 0.25) is 0 Å². The van der Waals surface area contributed by atoms with E-state index in [-0.39, 0.29) is 0 Å². The minimum Gasteiger partial charge on any atom is -0.377 e. The van der Waals surface area contributed by atoms with Gasteiger partial charge in [0.2, 0.25) is 10.1 Å². The van der Waals surface area contributed by atoms with Crippen LogP contribution in [0.3, 0.4) is 0 Å². The minimum atomic E-state index is 0.339. The first-order valence-electron chi connectivity index (χ1n) is 7.91. The molecule has 23 heavy (non-hydrogen) atoms. The Morgan fingerprint density at radius 2 is 1.83 bits per heavy atom. The molecule has 3 aromatic rings. The van der Waals surface area contributed by atoms with Crippen LogP contribution < -0.4 is 4.90 Å². The number of hydrogen-bond donors (Lipinski definition) is 0. The van der Waals surface area contributed by atoms with E-state index < -0.39 is 0 Å². The first kappa shape index (κ1) is 14.7. The maximum atomic E-state index is 5.60. The van der Waals surface area contributed by atoms with E-state index in [2.05, 4.69) is 49.9 Å². The summed E-state index contributed by atoms with van der Waals surface area (Å²) in [5.41, 5.74) is 3.35. The van der Waals surface area contributed by atoms with Crippen molar-refractivity contribution in [3.8, 4) is 11.3 Å². The summed E-state index contributed by atoms with van der Waals surface area (Å²) in [5.74, 6) is 0. The van der Waals surface area contributed by atoms with E-state index in [1.807, 2.05) is 10.7 Å². The van der Waals surface area contributed by atoms with E-state index in [0.29, 0.717) is 12.1 Å². The Balaban J connectivity index is 1.67. The molecule has 0 bridgehead atoms. The molecule has 0 N–H and O–H groups in total. The first-order valence-corrected chi connectivity index (χ1v) is 8.73. The zero-order chi connectivity index (χ0) is 16.0. The highest BCUT2D eigenvalue weighted by atomic mass is 32.1. The van der Waals surface area contributed by atoms with Crippen LogP contribution in [0.25, 0.3) is 16.2 Å². The summed E-state index contributed by atoms with van der Waals surface area (Å²) in [4.78, 5) is 8.01. The van der Waals surface area contributed by atoms with E-state index >= 15 is 0 Å². The van der Waals surface area contributed by atoms with Gasteiger partial charge in [0.1, 0.15) is 0 Å². The van der Waals surface area contributed by atoms with Crippen molar-refractivity contribution < 1.29 is 4.74 Å². The van der Waals surface area contributed by atoms with Gasteiger partial charge < -0.3 is 9.64 Å². The van der Waals surface area contributed by atoms with Crippen LogP contribution in [0.15, 0.2) is 30.5 Å². The number of rotatable bonds is 2. The van der Waals surface area contributed by atoms with Gasteiger partial charge in [-0.3, -0.25) is 0 Å². The summed E-state index contributed by atoms with van der Waals surface area (Å²) >= 11 is 1.64. The standard InChI is InChI=1S/C17H20N4OS/c1-11-4-6-14(7-5-11)15-8-20-16(18-15)23-17(19-20)21-12(2)9-22-10-13(21)3/h4-8,12-13H,9-10H2,1-3H3/t12-,13+. The second-order valence-electron chi connectivity index (χ2n) is 6.25. The van der Waals surface area contributed by atoms with Crippen LogP contribution in [0, 0.1) is 6.92 Å². The third-order valence-corrected chi connectivity index (χ3v) is 5.20. The summed E-state index contributed by atoms with van der Waals surface area (Å²) in [7, 11) is 0. The van der Waals surface area contributed by atoms with Crippen LogP contribution in [-0.4, -0.2) is 39.9 Å². The molecule has 0 unspecified atom stereocenters. The van der Waals surface area contributed by atoms with Crippen molar-refractivity contribution in [2.24, 2.45) is 0 Å². The molecule has 6 heteroatoms. The van der Waals surface area contributed by atoms with Gasteiger partial charge >= 0.3 is 0 Å². The molecule has 2 aromatic heterocycles. The topological polar surface area (TPSA) is 42.7 Å². The van der Waals surface area contributed by atoms with Gasteiger partial charge in [-0.25, -0.2) is 9.50 Å². The lowest BCUT2D eigenvalue weighted by Crippen LogP contribution is -2.49. The fourth-order valence-corrected chi connectivity index (χ4v) is 4.13. The van der Waals surface area contributed by atoms with Gasteiger partial charge in [-0.1, -0.05) is 41.2 Å². The van der Waals surface area contributed by atoms with Gasteiger partial charge in [-0.2, -0.15) is 0 Å². The highest BCUT2D eigenvalue weighted by Crippen LogP contribution is 2.30. The predicted molar refractivity (Wildman–Crippen MR) is 93.3 cm³/mol. The van der Waals surface area contributed by atoms with Gasteiger partial charge in [-0.05, 0) is 20.8 Å². The number of imidazole rings is 1. The van der Waals surface area contributed by atoms with E-state index in [0.717, 1.165) is 34.6 Å². The van der Waals surface area contributed by atoms with E-state index in [1.165, 1.54) is 5.56 Å². The molecule has 1 saturated heterocycles. The Morgan fingerprint density at radius 3 is 2.48 bits per heavy atom. The second-order valence-corrected chi connectivity index (χ2v) is 7.18. The Labute approximate surface area is 139 Å². The van der Waals surface area contributed by atoms with Gasteiger partial charge in [-0.15, -0.1) is 5.10 Å². The zero-order valence-electron chi connectivity index (χ0n) is 13.6. The fraction of sp³-hybridized carbons (Fsp3) is 0.412. The number of benzene rings is 1. The Bertz CT molecular complexity index is 781. The molecule has 0 radical (unpaired) electrons. The van der Waals surface area contributed by atoms with Crippen LogP contribution in [0.5, 0.6) is 0 Å². The van der Waals surface area contributed by atoms with Crippen molar-refractivity contribution in [3.05, 3.63) is 36.0 Å². The Morgan fingerprint density at radius 1 is 1.13 bits per heavy atom. The van der Waals surface area contributed by atoms with Crippen molar-refractivity contribution in [2.45, 2.75) is 32.9 Å².